The first kappa shape index (κ1) is 20.3. The summed E-state index contributed by atoms with van der Waals surface area (Å²) in [5, 5.41) is 0. The molecule has 1 nitrogen and oxygen atoms in total. The van der Waals surface area contributed by atoms with Crippen LogP contribution in [0.25, 0.3) is 0 Å². The Hall–Kier alpha value is -0.470. The molecular weight excluding hydrogens is 330 g/mol. The van der Waals surface area contributed by atoms with Crippen molar-refractivity contribution in [1.29, 1.82) is 0 Å². The van der Waals surface area contributed by atoms with Gasteiger partial charge >= 0.3 is 0 Å². The van der Waals surface area contributed by atoms with Gasteiger partial charge in [0.15, 0.2) is 0 Å². The van der Waals surface area contributed by atoms with Crippen LogP contribution in [0.4, 0.5) is 8.78 Å². The number of fused-ring (bicyclic) bond motifs is 5. The summed E-state index contributed by atoms with van der Waals surface area (Å²) in [4.78, 5) is 12.1. The van der Waals surface area contributed by atoms with Crippen LogP contribution in [0.1, 0.15) is 85.5 Å². The molecule has 4 aliphatic carbocycles. The highest BCUT2D eigenvalue weighted by Gasteiger charge is 2.58. The Bertz CT molecular complexity index is 504. The van der Waals surface area contributed by atoms with Crippen molar-refractivity contribution in [2.45, 2.75) is 91.9 Å². The van der Waals surface area contributed by atoms with Crippen molar-refractivity contribution in [2.24, 2.45) is 46.8 Å². The predicted octanol–water partition coefficient (Wildman–Crippen LogP) is 6.75. The van der Waals surface area contributed by atoms with Crippen molar-refractivity contribution in [3.63, 3.8) is 0 Å². The van der Waals surface area contributed by atoms with Crippen LogP contribution < -0.4 is 0 Å². The topological polar surface area (TPSA) is 17.1 Å². The van der Waals surface area contributed by atoms with Crippen molar-refractivity contribution in [1.82, 2.24) is 0 Å². The van der Waals surface area contributed by atoms with Gasteiger partial charge in [-0.3, -0.25) is 4.79 Å². The fourth-order valence-corrected chi connectivity index (χ4v) is 7.79. The molecule has 0 saturated heterocycles. The number of rotatable bonds is 2. The number of hydrogen-bond acceptors (Lipinski definition) is 1. The highest BCUT2D eigenvalue weighted by molar-refractivity contribution is 5.79. The Morgan fingerprint density at radius 2 is 1.62 bits per heavy atom. The van der Waals surface area contributed by atoms with Gasteiger partial charge in [0.1, 0.15) is 5.78 Å². The number of carbonyl (C=O) groups is 1. The number of alkyl halides is 2. The summed E-state index contributed by atoms with van der Waals surface area (Å²) >= 11 is 0. The lowest BCUT2D eigenvalue weighted by molar-refractivity contribution is -0.128. The van der Waals surface area contributed by atoms with Gasteiger partial charge in [0.2, 0.25) is 6.43 Å². The van der Waals surface area contributed by atoms with E-state index in [0.29, 0.717) is 23.5 Å². The molecule has 0 aromatic carbocycles. The average Bonchev–Trinajstić information content (AvgIpc) is 3.00. The van der Waals surface area contributed by atoms with E-state index in [2.05, 4.69) is 6.92 Å². The first-order valence-electron chi connectivity index (χ1n) is 11.2. The molecule has 4 aliphatic rings. The summed E-state index contributed by atoms with van der Waals surface area (Å²) in [6, 6.07) is 0. The normalized spacial score (nSPS) is 47.3. The van der Waals surface area contributed by atoms with E-state index >= 15 is 0 Å². The van der Waals surface area contributed by atoms with E-state index in [4.69, 9.17) is 0 Å². The Morgan fingerprint density at radius 3 is 2.27 bits per heavy atom. The second-order valence-corrected chi connectivity index (χ2v) is 9.63. The number of ketones is 1. The number of carbonyl (C=O) groups excluding carboxylic acids is 1. The molecule has 0 aromatic heterocycles. The second-order valence-electron chi connectivity index (χ2n) is 9.63. The fraction of sp³-hybridized carbons (Fsp3) is 0.957. The van der Waals surface area contributed by atoms with Gasteiger partial charge in [-0.25, -0.2) is 8.78 Å². The first-order valence-corrected chi connectivity index (χ1v) is 11.2. The Kier molecular flexibility index (Phi) is 6.14. The molecule has 0 spiro atoms. The molecule has 150 valence electrons. The van der Waals surface area contributed by atoms with Crippen molar-refractivity contribution >= 4 is 5.78 Å². The highest BCUT2D eigenvalue weighted by atomic mass is 19.3. The number of Topliss-reactive ketones (excluding diaryl/α,β-unsaturated/α-hetero) is 1. The Morgan fingerprint density at radius 1 is 0.923 bits per heavy atom. The van der Waals surface area contributed by atoms with Crippen LogP contribution >= 0.6 is 0 Å². The molecule has 8 atom stereocenters. The van der Waals surface area contributed by atoms with E-state index in [-0.39, 0.29) is 17.3 Å². The quantitative estimate of drug-likeness (QED) is 0.527. The number of hydrogen-bond donors (Lipinski definition) is 0. The maximum absolute atomic E-state index is 13.1. The lowest BCUT2D eigenvalue weighted by atomic mass is 9.49. The van der Waals surface area contributed by atoms with Crippen LogP contribution in [0.5, 0.6) is 0 Å². The van der Waals surface area contributed by atoms with E-state index < -0.39 is 6.43 Å². The standard InChI is InChI=1S/C21H32F2O.C2H6/c1-12(24)18-7-8-19-17-6-3-13-11-14(20(22)23)4-5-15(13)16(17)9-10-21(18,19)2;1-2/h13-20H,3-11H2,1-2H3;1-2H3. The lowest BCUT2D eigenvalue weighted by Crippen LogP contribution is -2.49. The molecule has 0 N–H and O–H groups in total. The first-order chi connectivity index (χ1) is 12.4. The van der Waals surface area contributed by atoms with Crippen molar-refractivity contribution in [2.75, 3.05) is 0 Å². The van der Waals surface area contributed by atoms with E-state index in [0.717, 1.165) is 43.9 Å². The maximum Gasteiger partial charge on any atom is 0.241 e. The van der Waals surface area contributed by atoms with Crippen LogP contribution in [0.2, 0.25) is 0 Å². The SMILES string of the molecule is CC.CC(=O)C1CCC2C3CCC4CC(C(F)F)CCC4C3CCC12C. The van der Waals surface area contributed by atoms with Crippen LogP contribution in [0.15, 0.2) is 0 Å². The van der Waals surface area contributed by atoms with E-state index in [1.807, 2.05) is 13.8 Å². The molecule has 26 heavy (non-hydrogen) atoms. The van der Waals surface area contributed by atoms with E-state index in [1.54, 1.807) is 6.92 Å². The van der Waals surface area contributed by atoms with Crippen LogP contribution in [-0.2, 0) is 4.79 Å². The van der Waals surface area contributed by atoms with E-state index in [9.17, 15) is 13.6 Å². The third kappa shape index (κ3) is 3.26. The summed E-state index contributed by atoms with van der Waals surface area (Å²) < 4.78 is 26.3. The molecule has 4 fully saturated rings. The molecule has 4 rings (SSSR count). The molecule has 4 saturated carbocycles. The minimum atomic E-state index is -2.12. The summed E-state index contributed by atoms with van der Waals surface area (Å²) in [7, 11) is 0. The third-order valence-electron chi connectivity index (χ3n) is 8.84. The summed E-state index contributed by atoms with van der Waals surface area (Å²) in [5.41, 5.74) is 0.222. The van der Waals surface area contributed by atoms with Gasteiger partial charge in [0.25, 0.3) is 0 Å². The third-order valence-corrected chi connectivity index (χ3v) is 8.84. The summed E-state index contributed by atoms with van der Waals surface area (Å²) in [6.07, 6.45) is 7.53. The smallest absolute Gasteiger partial charge is 0.241 e. The van der Waals surface area contributed by atoms with Crippen LogP contribution in [0, 0.1) is 46.8 Å². The molecule has 0 radical (unpaired) electrons. The van der Waals surface area contributed by atoms with Crippen LogP contribution in [0.3, 0.4) is 0 Å². The van der Waals surface area contributed by atoms with Crippen molar-refractivity contribution < 1.29 is 13.6 Å². The summed E-state index contributed by atoms with van der Waals surface area (Å²) in [6.45, 7) is 8.17. The van der Waals surface area contributed by atoms with Gasteiger partial charge in [-0.05, 0) is 99.7 Å². The molecule has 0 aromatic rings. The predicted molar refractivity (Wildman–Crippen MR) is 102 cm³/mol. The van der Waals surface area contributed by atoms with Crippen molar-refractivity contribution in [3.8, 4) is 0 Å². The Labute approximate surface area is 158 Å². The zero-order valence-corrected chi connectivity index (χ0v) is 17.1. The molecule has 0 heterocycles. The molecule has 0 amide bonds. The Balaban J connectivity index is 0.000000948. The fourth-order valence-electron chi connectivity index (χ4n) is 7.79. The van der Waals surface area contributed by atoms with Gasteiger partial charge in [-0.15, -0.1) is 0 Å². The zero-order chi connectivity index (χ0) is 19.1. The summed E-state index contributed by atoms with van der Waals surface area (Å²) in [5.74, 6) is 3.79. The lowest BCUT2D eigenvalue weighted by Gasteiger charge is -2.56. The minimum Gasteiger partial charge on any atom is -0.300 e. The van der Waals surface area contributed by atoms with Crippen LogP contribution in [-0.4, -0.2) is 12.2 Å². The molecule has 8 unspecified atom stereocenters. The highest BCUT2D eigenvalue weighted by Crippen LogP contribution is 2.64. The molecular formula is C23H38F2O. The van der Waals surface area contributed by atoms with Gasteiger partial charge in [0.05, 0.1) is 0 Å². The molecule has 0 bridgehead atoms. The van der Waals surface area contributed by atoms with Gasteiger partial charge in [-0.2, -0.15) is 0 Å². The van der Waals surface area contributed by atoms with Crippen molar-refractivity contribution in [3.05, 3.63) is 0 Å². The molecule has 0 aliphatic heterocycles. The monoisotopic (exact) mass is 368 g/mol. The van der Waals surface area contributed by atoms with Gasteiger partial charge in [0, 0.05) is 11.8 Å². The average molecular weight is 369 g/mol. The largest absolute Gasteiger partial charge is 0.300 e. The van der Waals surface area contributed by atoms with Gasteiger partial charge < -0.3 is 0 Å². The molecule has 3 heteroatoms. The zero-order valence-electron chi connectivity index (χ0n) is 17.1. The number of halogens is 2. The second kappa shape index (κ2) is 7.87. The van der Waals surface area contributed by atoms with Gasteiger partial charge in [-0.1, -0.05) is 20.8 Å². The van der Waals surface area contributed by atoms with E-state index in [1.165, 1.54) is 25.7 Å². The maximum atomic E-state index is 13.1. The minimum absolute atomic E-state index is 0.222.